The molecule has 1 aromatic rings. The normalized spacial score (nSPS) is 24.4. The van der Waals surface area contributed by atoms with Crippen molar-refractivity contribution < 1.29 is 9.53 Å². The number of methoxy groups -OCH3 is 1. The van der Waals surface area contributed by atoms with E-state index in [0.29, 0.717) is 11.5 Å². The van der Waals surface area contributed by atoms with Crippen LogP contribution in [0.1, 0.15) is 28.3 Å². The maximum absolute atomic E-state index is 11.1. The smallest absolute Gasteiger partial charge is 0.337 e. The lowest BCUT2D eigenvalue weighted by Gasteiger charge is -2.01. The summed E-state index contributed by atoms with van der Waals surface area (Å²) in [5, 5.41) is 0.277. The van der Waals surface area contributed by atoms with Gasteiger partial charge in [-0.2, -0.15) is 0 Å². The number of alkyl halides is 1. The summed E-state index contributed by atoms with van der Waals surface area (Å²) in [6.45, 7) is 0. The lowest BCUT2D eigenvalue weighted by atomic mass is 10.1. The van der Waals surface area contributed by atoms with Crippen molar-refractivity contribution in [1.82, 2.24) is 0 Å². The SMILES string of the molecule is COC(=O)c1ccc([C@H]2C[C@H]2Cl)cc1. The van der Waals surface area contributed by atoms with Gasteiger partial charge in [0.15, 0.2) is 0 Å². The molecule has 14 heavy (non-hydrogen) atoms. The lowest BCUT2D eigenvalue weighted by molar-refractivity contribution is 0.0600. The summed E-state index contributed by atoms with van der Waals surface area (Å²) in [7, 11) is 1.38. The highest BCUT2D eigenvalue weighted by Gasteiger charge is 2.36. The fraction of sp³-hybridized carbons (Fsp3) is 0.364. The molecule has 0 radical (unpaired) electrons. The number of benzene rings is 1. The second kappa shape index (κ2) is 3.62. The van der Waals surface area contributed by atoms with Crippen LogP contribution in [0.4, 0.5) is 0 Å². The molecule has 0 N–H and O–H groups in total. The van der Waals surface area contributed by atoms with E-state index in [2.05, 4.69) is 4.74 Å². The Labute approximate surface area is 87.8 Å². The predicted molar refractivity (Wildman–Crippen MR) is 54.8 cm³/mol. The van der Waals surface area contributed by atoms with Crippen LogP contribution < -0.4 is 0 Å². The molecule has 0 saturated heterocycles. The minimum Gasteiger partial charge on any atom is -0.465 e. The molecule has 1 aliphatic rings. The molecule has 0 spiro atoms. The molecule has 0 unspecified atom stereocenters. The standard InChI is InChI=1S/C11H11ClO2/c1-14-11(13)8-4-2-7(3-5-8)9-6-10(9)12/h2-5,9-10H,6H2,1H3/t9-,10-/m1/s1. The van der Waals surface area contributed by atoms with Crippen molar-refractivity contribution in [2.45, 2.75) is 17.7 Å². The summed E-state index contributed by atoms with van der Waals surface area (Å²) < 4.78 is 4.61. The Balaban J connectivity index is 2.14. The first kappa shape index (κ1) is 9.53. The first-order valence-corrected chi connectivity index (χ1v) is 4.98. The third kappa shape index (κ3) is 1.75. The van der Waals surface area contributed by atoms with E-state index < -0.39 is 0 Å². The van der Waals surface area contributed by atoms with E-state index in [1.165, 1.54) is 12.7 Å². The van der Waals surface area contributed by atoms with Crippen molar-refractivity contribution in [3.63, 3.8) is 0 Å². The Bertz CT molecular complexity index is 345. The molecular formula is C11H11ClO2. The van der Waals surface area contributed by atoms with Gasteiger partial charge in [-0.15, -0.1) is 11.6 Å². The van der Waals surface area contributed by atoms with Crippen LogP contribution in [0.5, 0.6) is 0 Å². The van der Waals surface area contributed by atoms with Crippen LogP contribution in [0.25, 0.3) is 0 Å². The van der Waals surface area contributed by atoms with E-state index in [1.807, 2.05) is 12.1 Å². The predicted octanol–water partition coefficient (Wildman–Crippen LogP) is 2.57. The van der Waals surface area contributed by atoms with Gasteiger partial charge in [-0.25, -0.2) is 4.79 Å². The Kier molecular flexibility index (Phi) is 2.46. The van der Waals surface area contributed by atoms with Crippen LogP contribution in [0.15, 0.2) is 24.3 Å². The van der Waals surface area contributed by atoms with Crippen molar-refractivity contribution in [3.05, 3.63) is 35.4 Å². The zero-order valence-electron chi connectivity index (χ0n) is 7.87. The molecular weight excluding hydrogens is 200 g/mol. The third-order valence-corrected chi connectivity index (χ3v) is 2.95. The molecule has 0 heterocycles. The van der Waals surface area contributed by atoms with Crippen molar-refractivity contribution in [1.29, 1.82) is 0 Å². The van der Waals surface area contributed by atoms with E-state index in [9.17, 15) is 4.79 Å². The summed E-state index contributed by atoms with van der Waals surface area (Å²) in [5.41, 5.74) is 1.79. The van der Waals surface area contributed by atoms with E-state index in [0.717, 1.165) is 6.42 Å². The van der Waals surface area contributed by atoms with E-state index in [1.54, 1.807) is 12.1 Å². The number of halogens is 1. The highest BCUT2D eigenvalue weighted by Crippen LogP contribution is 2.45. The Hall–Kier alpha value is -1.02. The number of carbonyl (C=O) groups excluding carboxylic acids is 1. The van der Waals surface area contributed by atoms with Gasteiger partial charge < -0.3 is 4.74 Å². The molecule has 0 bridgehead atoms. The number of esters is 1. The first-order chi connectivity index (χ1) is 6.72. The third-order valence-electron chi connectivity index (χ3n) is 2.47. The van der Waals surface area contributed by atoms with Gasteiger partial charge in [-0.3, -0.25) is 0 Å². The van der Waals surface area contributed by atoms with Gasteiger partial charge in [0, 0.05) is 11.3 Å². The van der Waals surface area contributed by atoms with Crippen LogP contribution in [0, 0.1) is 0 Å². The Morgan fingerprint density at radius 3 is 2.43 bits per heavy atom. The lowest BCUT2D eigenvalue weighted by Crippen LogP contribution is -2.00. The zero-order chi connectivity index (χ0) is 10.1. The van der Waals surface area contributed by atoms with Gasteiger partial charge in [0.1, 0.15) is 0 Å². The topological polar surface area (TPSA) is 26.3 Å². The zero-order valence-corrected chi connectivity index (χ0v) is 8.62. The summed E-state index contributed by atoms with van der Waals surface area (Å²) in [6.07, 6.45) is 1.04. The molecule has 1 fully saturated rings. The summed E-state index contributed by atoms with van der Waals surface area (Å²) in [6, 6.07) is 7.45. The van der Waals surface area contributed by atoms with Gasteiger partial charge in [-0.1, -0.05) is 12.1 Å². The minimum absolute atomic E-state index is 0.277. The van der Waals surface area contributed by atoms with Crippen molar-refractivity contribution in [2.75, 3.05) is 7.11 Å². The average molecular weight is 211 g/mol. The minimum atomic E-state index is -0.297. The average Bonchev–Trinajstić information content (AvgIpc) is 2.95. The number of carbonyl (C=O) groups is 1. The molecule has 74 valence electrons. The van der Waals surface area contributed by atoms with Crippen LogP contribution in [-0.2, 0) is 4.74 Å². The van der Waals surface area contributed by atoms with E-state index >= 15 is 0 Å². The van der Waals surface area contributed by atoms with Crippen molar-refractivity contribution >= 4 is 17.6 Å². The number of ether oxygens (including phenoxy) is 1. The highest BCUT2D eigenvalue weighted by molar-refractivity contribution is 6.23. The second-order valence-electron chi connectivity index (χ2n) is 3.47. The molecule has 2 nitrogen and oxygen atoms in total. The molecule has 0 aliphatic heterocycles. The molecule has 1 saturated carbocycles. The quantitative estimate of drug-likeness (QED) is 0.554. The highest BCUT2D eigenvalue weighted by atomic mass is 35.5. The van der Waals surface area contributed by atoms with Crippen LogP contribution in [0.2, 0.25) is 0 Å². The van der Waals surface area contributed by atoms with Gasteiger partial charge in [-0.05, 0) is 24.1 Å². The van der Waals surface area contributed by atoms with Crippen LogP contribution in [0.3, 0.4) is 0 Å². The van der Waals surface area contributed by atoms with E-state index in [-0.39, 0.29) is 11.3 Å². The van der Waals surface area contributed by atoms with Crippen LogP contribution >= 0.6 is 11.6 Å². The maximum Gasteiger partial charge on any atom is 0.337 e. The first-order valence-electron chi connectivity index (χ1n) is 4.54. The fourth-order valence-electron chi connectivity index (χ4n) is 1.49. The van der Waals surface area contributed by atoms with Gasteiger partial charge >= 0.3 is 5.97 Å². The number of hydrogen-bond donors (Lipinski definition) is 0. The van der Waals surface area contributed by atoms with E-state index in [4.69, 9.17) is 11.6 Å². The summed E-state index contributed by atoms with van der Waals surface area (Å²) in [4.78, 5) is 11.1. The Morgan fingerprint density at radius 2 is 2.00 bits per heavy atom. The molecule has 1 aromatic carbocycles. The summed E-state index contributed by atoms with van der Waals surface area (Å²) >= 11 is 5.92. The van der Waals surface area contributed by atoms with Crippen LogP contribution in [-0.4, -0.2) is 18.5 Å². The molecule has 3 heteroatoms. The largest absolute Gasteiger partial charge is 0.465 e. The molecule has 0 aromatic heterocycles. The summed E-state index contributed by atoms with van der Waals surface area (Å²) in [5.74, 6) is 0.179. The van der Waals surface area contributed by atoms with Gasteiger partial charge in [0.2, 0.25) is 0 Å². The van der Waals surface area contributed by atoms with Gasteiger partial charge in [0.05, 0.1) is 12.7 Å². The second-order valence-corrected chi connectivity index (χ2v) is 4.03. The maximum atomic E-state index is 11.1. The molecule has 2 rings (SSSR count). The van der Waals surface area contributed by atoms with Crippen molar-refractivity contribution in [2.24, 2.45) is 0 Å². The fourth-order valence-corrected chi connectivity index (χ4v) is 1.83. The van der Waals surface area contributed by atoms with Gasteiger partial charge in [0.25, 0.3) is 0 Å². The number of hydrogen-bond acceptors (Lipinski definition) is 2. The monoisotopic (exact) mass is 210 g/mol. The molecule has 2 atom stereocenters. The Morgan fingerprint density at radius 1 is 1.43 bits per heavy atom. The van der Waals surface area contributed by atoms with Crippen molar-refractivity contribution in [3.8, 4) is 0 Å². The molecule has 1 aliphatic carbocycles. The molecule has 0 amide bonds. The number of rotatable bonds is 2.